The number of likely N-dealkylation sites (N-methyl/N-ethyl adjacent to an activating group) is 2. The van der Waals surface area contributed by atoms with Crippen molar-refractivity contribution in [2.45, 2.75) is 25.4 Å². The fraction of sp³-hybridized carbons (Fsp3) is 0.643. The van der Waals surface area contributed by atoms with Gasteiger partial charge in [0, 0.05) is 26.2 Å². The minimum Gasteiger partial charge on any atom is -0.340 e. The molecule has 1 aromatic heterocycles. The number of piperidine rings is 1. The molecule has 0 radical (unpaired) electrons. The molecule has 19 heavy (non-hydrogen) atoms. The maximum absolute atomic E-state index is 12.2. The number of hydrogen-bond donors (Lipinski definition) is 1. The lowest BCUT2D eigenvalue weighted by Crippen LogP contribution is -2.47. The predicted molar refractivity (Wildman–Crippen MR) is 79.3 cm³/mol. The second kappa shape index (κ2) is 7.03. The molecule has 1 fully saturated rings. The van der Waals surface area contributed by atoms with Crippen molar-refractivity contribution in [1.82, 2.24) is 15.1 Å². The van der Waals surface area contributed by atoms with Crippen LogP contribution < -0.4 is 5.32 Å². The molecule has 0 bridgehead atoms. The van der Waals surface area contributed by atoms with Gasteiger partial charge < -0.3 is 10.2 Å². The fourth-order valence-corrected chi connectivity index (χ4v) is 3.08. The quantitative estimate of drug-likeness (QED) is 0.886. The number of nitrogens with one attached hydrogen (secondary N) is 1. The summed E-state index contributed by atoms with van der Waals surface area (Å²) in [6.07, 6.45) is 2.39. The first-order valence-corrected chi connectivity index (χ1v) is 7.77. The Hall–Kier alpha value is -0.910. The molecule has 1 atom stereocenters. The summed E-state index contributed by atoms with van der Waals surface area (Å²) in [6, 6.07) is 2.57. The van der Waals surface area contributed by atoms with Gasteiger partial charge in [0.1, 0.15) is 0 Å². The molecule has 4 nitrogen and oxygen atoms in total. The molecule has 1 unspecified atom stereocenters. The van der Waals surface area contributed by atoms with Gasteiger partial charge in [-0.3, -0.25) is 9.69 Å². The summed E-state index contributed by atoms with van der Waals surface area (Å²) in [4.78, 5) is 16.2. The molecule has 1 saturated heterocycles. The molecule has 5 heteroatoms. The standard InChI is InChI=1S/C14H23N3OS/c1-16(13-4-3-6-15-8-13)10-14(18)17(2)9-12-5-7-19-11-12/h5,7,11,13,15H,3-4,6,8-10H2,1-2H3. The van der Waals surface area contributed by atoms with Gasteiger partial charge in [0.05, 0.1) is 6.54 Å². The highest BCUT2D eigenvalue weighted by molar-refractivity contribution is 7.07. The van der Waals surface area contributed by atoms with E-state index in [4.69, 9.17) is 0 Å². The molecule has 1 aromatic rings. The third kappa shape index (κ3) is 4.30. The lowest BCUT2D eigenvalue weighted by atomic mass is 10.1. The van der Waals surface area contributed by atoms with Crippen LogP contribution in [0.2, 0.25) is 0 Å². The minimum absolute atomic E-state index is 0.194. The van der Waals surface area contributed by atoms with E-state index in [1.54, 1.807) is 11.3 Å². The van der Waals surface area contributed by atoms with Crippen molar-refractivity contribution >= 4 is 17.2 Å². The van der Waals surface area contributed by atoms with Crippen LogP contribution in [0.3, 0.4) is 0 Å². The highest BCUT2D eigenvalue weighted by Gasteiger charge is 2.21. The van der Waals surface area contributed by atoms with E-state index in [2.05, 4.69) is 21.7 Å². The second-order valence-corrected chi connectivity index (χ2v) is 6.08. The van der Waals surface area contributed by atoms with Gasteiger partial charge in [-0.25, -0.2) is 0 Å². The van der Waals surface area contributed by atoms with Crippen molar-refractivity contribution in [1.29, 1.82) is 0 Å². The summed E-state index contributed by atoms with van der Waals surface area (Å²) >= 11 is 1.67. The van der Waals surface area contributed by atoms with E-state index in [1.807, 2.05) is 24.4 Å². The van der Waals surface area contributed by atoms with Gasteiger partial charge in [0.15, 0.2) is 0 Å². The first-order chi connectivity index (χ1) is 9.16. The van der Waals surface area contributed by atoms with Gasteiger partial charge in [-0.15, -0.1) is 0 Å². The highest BCUT2D eigenvalue weighted by Crippen LogP contribution is 2.11. The highest BCUT2D eigenvalue weighted by atomic mass is 32.1. The predicted octanol–water partition coefficient (Wildman–Crippen LogP) is 1.39. The second-order valence-electron chi connectivity index (χ2n) is 5.30. The summed E-state index contributed by atoms with van der Waals surface area (Å²) in [7, 11) is 3.93. The van der Waals surface area contributed by atoms with Crippen LogP contribution in [0.1, 0.15) is 18.4 Å². The SMILES string of the molecule is CN(Cc1ccsc1)C(=O)CN(C)C1CCCNC1. The van der Waals surface area contributed by atoms with Crippen LogP contribution in [-0.2, 0) is 11.3 Å². The minimum atomic E-state index is 0.194. The number of hydrogen-bond acceptors (Lipinski definition) is 4. The Morgan fingerprint density at radius 2 is 2.37 bits per heavy atom. The topological polar surface area (TPSA) is 35.6 Å². The van der Waals surface area contributed by atoms with Crippen molar-refractivity contribution in [3.05, 3.63) is 22.4 Å². The Labute approximate surface area is 119 Å². The zero-order valence-corrected chi connectivity index (χ0v) is 12.6. The summed E-state index contributed by atoms with van der Waals surface area (Å²) < 4.78 is 0. The molecular formula is C14H23N3OS. The molecule has 1 aliphatic rings. The van der Waals surface area contributed by atoms with Gasteiger partial charge in [0.2, 0.25) is 5.91 Å². The van der Waals surface area contributed by atoms with Crippen LogP contribution >= 0.6 is 11.3 Å². The number of thiophene rings is 1. The van der Waals surface area contributed by atoms with Crippen LogP contribution in [0.15, 0.2) is 16.8 Å². The number of nitrogens with zero attached hydrogens (tertiary/aromatic N) is 2. The molecule has 1 amide bonds. The van der Waals surface area contributed by atoms with Crippen molar-refractivity contribution < 1.29 is 4.79 Å². The lowest BCUT2D eigenvalue weighted by Gasteiger charge is -2.32. The summed E-state index contributed by atoms with van der Waals surface area (Å²) in [5.41, 5.74) is 1.21. The van der Waals surface area contributed by atoms with Crippen LogP contribution in [-0.4, -0.2) is 55.5 Å². The van der Waals surface area contributed by atoms with E-state index in [-0.39, 0.29) is 5.91 Å². The number of amides is 1. The number of carbonyl (C=O) groups is 1. The molecule has 2 rings (SSSR count). The van der Waals surface area contributed by atoms with E-state index in [9.17, 15) is 4.79 Å². The lowest BCUT2D eigenvalue weighted by molar-refractivity contribution is -0.131. The Morgan fingerprint density at radius 3 is 3.00 bits per heavy atom. The monoisotopic (exact) mass is 281 g/mol. The van der Waals surface area contributed by atoms with Gasteiger partial charge in [-0.2, -0.15) is 11.3 Å². The first-order valence-electron chi connectivity index (χ1n) is 6.83. The zero-order chi connectivity index (χ0) is 13.7. The van der Waals surface area contributed by atoms with E-state index < -0.39 is 0 Å². The van der Waals surface area contributed by atoms with E-state index >= 15 is 0 Å². The Morgan fingerprint density at radius 1 is 1.53 bits per heavy atom. The summed E-state index contributed by atoms with van der Waals surface area (Å²) in [6.45, 7) is 3.32. The van der Waals surface area contributed by atoms with Gasteiger partial charge in [0.25, 0.3) is 0 Å². The molecule has 0 saturated carbocycles. The summed E-state index contributed by atoms with van der Waals surface area (Å²) in [5, 5.41) is 7.53. The average Bonchev–Trinajstić information content (AvgIpc) is 2.92. The van der Waals surface area contributed by atoms with Crippen LogP contribution in [0, 0.1) is 0 Å². The molecule has 1 N–H and O–H groups in total. The molecule has 0 aliphatic carbocycles. The average molecular weight is 281 g/mol. The van der Waals surface area contributed by atoms with E-state index in [0.29, 0.717) is 19.1 Å². The molecule has 1 aliphatic heterocycles. The molecule has 0 spiro atoms. The maximum atomic E-state index is 12.2. The largest absolute Gasteiger partial charge is 0.340 e. The van der Waals surface area contributed by atoms with Crippen molar-refractivity contribution in [2.75, 3.05) is 33.7 Å². The van der Waals surface area contributed by atoms with Crippen LogP contribution in [0.4, 0.5) is 0 Å². The van der Waals surface area contributed by atoms with E-state index in [1.165, 1.54) is 18.4 Å². The normalized spacial score (nSPS) is 19.6. The van der Waals surface area contributed by atoms with Gasteiger partial charge in [-0.1, -0.05) is 0 Å². The Kier molecular flexibility index (Phi) is 5.36. The van der Waals surface area contributed by atoms with Crippen molar-refractivity contribution in [2.24, 2.45) is 0 Å². The Balaban J connectivity index is 1.79. The third-order valence-corrected chi connectivity index (χ3v) is 4.44. The number of rotatable bonds is 5. The zero-order valence-electron chi connectivity index (χ0n) is 11.8. The van der Waals surface area contributed by atoms with Crippen LogP contribution in [0.25, 0.3) is 0 Å². The third-order valence-electron chi connectivity index (χ3n) is 3.70. The molecule has 0 aromatic carbocycles. The molecule has 106 valence electrons. The molecular weight excluding hydrogens is 258 g/mol. The first kappa shape index (κ1) is 14.5. The Bertz CT molecular complexity index is 387. The number of carbonyl (C=O) groups excluding carboxylic acids is 1. The van der Waals surface area contributed by atoms with Crippen molar-refractivity contribution in [3.8, 4) is 0 Å². The van der Waals surface area contributed by atoms with Gasteiger partial charge in [-0.05, 0) is 48.8 Å². The summed E-state index contributed by atoms with van der Waals surface area (Å²) in [5.74, 6) is 0.194. The van der Waals surface area contributed by atoms with Crippen molar-refractivity contribution in [3.63, 3.8) is 0 Å². The molecule has 2 heterocycles. The maximum Gasteiger partial charge on any atom is 0.236 e. The smallest absolute Gasteiger partial charge is 0.236 e. The fourth-order valence-electron chi connectivity index (χ4n) is 2.42. The van der Waals surface area contributed by atoms with Crippen LogP contribution in [0.5, 0.6) is 0 Å². The van der Waals surface area contributed by atoms with E-state index in [0.717, 1.165) is 13.1 Å². The van der Waals surface area contributed by atoms with Gasteiger partial charge >= 0.3 is 0 Å².